The summed E-state index contributed by atoms with van der Waals surface area (Å²) in [5, 5.41) is 3.49. The summed E-state index contributed by atoms with van der Waals surface area (Å²) in [7, 11) is -0.154. The monoisotopic (exact) mass is 233 g/mol. The minimum atomic E-state index is -3.26. The standard InChI is InChI=1S/C9H19N3O2S/c1-12(2)15(13,14)11-9-5-7-3-4-8(6-9)10-7/h7-11H,3-6H2,1-2H3. The number of hydrogen-bond acceptors (Lipinski definition) is 3. The molecular formula is C9H19N3O2S. The fraction of sp³-hybridized carbons (Fsp3) is 1.00. The topological polar surface area (TPSA) is 61.4 Å². The first-order chi connectivity index (χ1) is 6.97. The van der Waals surface area contributed by atoms with E-state index in [1.165, 1.54) is 17.1 Å². The second-order valence-electron chi connectivity index (χ2n) is 4.71. The first kappa shape index (κ1) is 11.3. The molecule has 88 valence electrons. The highest BCUT2D eigenvalue weighted by molar-refractivity contribution is 7.87. The molecule has 0 amide bonds. The first-order valence-electron chi connectivity index (χ1n) is 5.43. The Kier molecular flexibility index (Phi) is 3.03. The summed E-state index contributed by atoms with van der Waals surface area (Å²) in [5.41, 5.74) is 0. The summed E-state index contributed by atoms with van der Waals surface area (Å²) in [6, 6.07) is 1.13. The average Bonchev–Trinajstić information content (AvgIpc) is 2.44. The van der Waals surface area contributed by atoms with Crippen molar-refractivity contribution in [3.63, 3.8) is 0 Å². The molecule has 0 radical (unpaired) electrons. The molecule has 2 N–H and O–H groups in total. The molecule has 2 bridgehead atoms. The number of nitrogens with one attached hydrogen (secondary N) is 2. The van der Waals surface area contributed by atoms with Crippen LogP contribution in [0.1, 0.15) is 25.7 Å². The van der Waals surface area contributed by atoms with E-state index in [0.29, 0.717) is 12.1 Å². The molecule has 0 aromatic rings. The maximum atomic E-state index is 11.6. The van der Waals surface area contributed by atoms with Crippen molar-refractivity contribution in [2.75, 3.05) is 14.1 Å². The van der Waals surface area contributed by atoms with Crippen molar-refractivity contribution in [1.82, 2.24) is 14.3 Å². The molecule has 0 aromatic carbocycles. The normalized spacial score (nSPS) is 36.1. The van der Waals surface area contributed by atoms with Gasteiger partial charge in [-0.3, -0.25) is 0 Å². The number of nitrogens with zero attached hydrogens (tertiary/aromatic N) is 1. The zero-order valence-corrected chi connectivity index (χ0v) is 10.0. The number of rotatable bonds is 3. The van der Waals surface area contributed by atoms with E-state index in [4.69, 9.17) is 0 Å². The van der Waals surface area contributed by atoms with Crippen molar-refractivity contribution in [1.29, 1.82) is 0 Å². The van der Waals surface area contributed by atoms with E-state index >= 15 is 0 Å². The molecular weight excluding hydrogens is 214 g/mol. The number of fused-ring (bicyclic) bond motifs is 2. The molecule has 2 atom stereocenters. The minimum absolute atomic E-state index is 0.108. The van der Waals surface area contributed by atoms with Gasteiger partial charge in [-0.1, -0.05) is 0 Å². The summed E-state index contributed by atoms with van der Waals surface area (Å²) >= 11 is 0. The Hall–Kier alpha value is -0.170. The molecule has 2 aliphatic heterocycles. The predicted molar refractivity (Wildman–Crippen MR) is 58.7 cm³/mol. The molecule has 15 heavy (non-hydrogen) atoms. The molecule has 5 nitrogen and oxygen atoms in total. The maximum Gasteiger partial charge on any atom is 0.279 e. The summed E-state index contributed by atoms with van der Waals surface area (Å²) in [5.74, 6) is 0. The van der Waals surface area contributed by atoms with Crippen LogP contribution < -0.4 is 10.0 Å². The van der Waals surface area contributed by atoms with Crippen LogP contribution in [0.4, 0.5) is 0 Å². The van der Waals surface area contributed by atoms with Gasteiger partial charge in [0.05, 0.1) is 0 Å². The molecule has 2 aliphatic rings. The lowest BCUT2D eigenvalue weighted by molar-refractivity contribution is 0.340. The van der Waals surface area contributed by atoms with Crippen LogP contribution in [0.5, 0.6) is 0 Å². The van der Waals surface area contributed by atoms with E-state index in [-0.39, 0.29) is 6.04 Å². The Bertz CT molecular complexity index is 316. The van der Waals surface area contributed by atoms with Crippen molar-refractivity contribution in [2.45, 2.75) is 43.8 Å². The van der Waals surface area contributed by atoms with Gasteiger partial charge in [-0.2, -0.15) is 17.4 Å². The van der Waals surface area contributed by atoms with Gasteiger partial charge in [0.25, 0.3) is 10.2 Å². The Balaban J connectivity index is 1.96. The van der Waals surface area contributed by atoms with Gasteiger partial charge < -0.3 is 5.32 Å². The van der Waals surface area contributed by atoms with Crippen molar-refractivity contribution in [2.24, 2.45) is 0 Å². The van der Waals surface area contributed by atoms with Crippen LogP contribution in [0.3, 0.4) is 0 Å². The molecule has 2 rings (SSSR count). The van der Waals surface area contributed by atoms with Crippen LogP contribution in [0.15, 0.2) is 0 Å². The van der Waals surface area contributed by atoms with Crippen molar-refractivity contribution in [3.05, 3.63) is 0 Å². The van der Waals surface area contributed by atoms with Crippen LogP contribution in [0.2, 0.25) is 0 Å². The quantitative estimate of drug-likeness (QED) is 0.701. The highest BCUT2D eigenvalue weighted by atomic mass is 32.2. The smallest absolute Gasteiger partial charge is 0.279 e. The third-order valence-corrected chi connectivity index (χ3v) is 4.86. The summed E-state index contributed by atoms with van der Waals surface area (Å²) in [4.78, 5) is 0. The van der Waals surface area contributed by atoms with Crippen molar-refractivity contribution in [3.8, 4) is 0 Å². The van der Waals surface area contributed by atoms with Crippen LogP contribution in [0.25, 0.3) is 0 Å². The molecule has 2 fully saturated rings. The third-order valence-electron chi connectivity index (χ3n) is 3.27. The lowest BCUT2D eigenvalue weighted by atomic mass is 10.0. The molecule has 0 aromatic heterocycles. The Labute approximate surface area is 91.4 Å². The van der Waals surface area contributed by atoms with Crippen LogP contribution in [-0.4, -0.2) is 44.9 Å². The highest BCUT2D eigenvalue weighted by Gasteiger charge is 2.35. The second kappa shape index (κ2) is 4.01. The Morgan fingerprint density at radius 3 is 2.20 bits per heavy atom. The van der Waals surface area contributed by atoms with Crippen LogP contribution >= 0.6 is 0 Å². The average molecular weight is 233 g/mol. The van der Waals surface area contributed by atoms with E-state index in [0.717, 1.165) is 12.8 Å². The van der Waals surface area contributed by atoms with Gasteiger partial charge in [0.2, 0.25) is 0 Å². The highest BCUT2D eigenvalue weighted by Crippen LogP contribution is 2.27. The lowest BCUT2D eigenvalue weighted by Crippen LogP contribution is -2.50. The molecule has 0 saturated carbocycles. The molecule has 2 unspecified atom stereocenters. The summed E-state index contributed by atoms with van der Waals surface area (Å²) in [6.45, 7) is 0. The molecule has 6 heteroatoms. The van der Waals surface area contributed by atoms with E-state index in [9.17, 15) is 8.42 Å². The SMILES string of the molecule is CN(C)S(=O)(=O)NC1CC2CCC(C1)N2. The maximum absolute atomic E-state index is 11.6. The third kappa shape index (κ3) is 2.50. The van der Waals surface area contributed by atoms with Gasteiger partial charge in [0.1, 0.15) is 0 Å². The summed E-state index contributed by atoms with van der Waals surface area (Å²) < 4.78 is 27.2. The van der Waals surface area contributed by atoms with Gasteiger partial charge in [-0.05, 0) is 25.7 Å². The molecule has 0 aliphatic carbocycles. The van der Waals surface area contributed by atoms with E-state index in [1.807, 2.05) is 0 Å². The Morgan fingerprint density at radius 1 is 1.20 bits per heavy atom. The number of piperidine rings is 1. The fourth-order valence-electron chi connectivity index (χ4n) is 2.47. The van der Waals surface area contributed by atoms with Crippen molar-refractivity contribution >= 4 is 10.2 Å². The lowest BCUT2D eigenvalue weighted by Gasteiger charge is -2.30. The molecule has 2 heterocycles. The van der Waals surface area contributed by atoms with E-state index < -0.39 is 10.2 Å². The van der Waals surface area contributed by atoms with Crippen LogP contribution in [0, 0.1) is 0 Å². The fourth-order valence-corrected chi connectivity index (χ4v) is 3.29. The van der Waals surface area contributed by atoms with Gasteiger partial charge in [0, 0.05) is 32.2 Å². The number of hydrogen-bond donors (Lipinski definition) is 2. The predicted octanol–water partition coefficient (Wildman–Crippen LogP) is -0.335. The minimum Gasteiger partial charge on any atom is -0.311 e. The first-order valence-corrected chi connectivity index (χ1v) is 6.87. The zero-order valence-electron chi connectivity index (χ0n) is 9.23. The van der Waals surface area contributed by atoms with Gasteiger partial charge in [-0.15, -0.1) is 0 Å². The largest absolute Gasteiger partial charge is 0.311 e. The van der Waals surface area contributed by atoms with Crippen molar-refractivity contribution < 1.29 is 8.42 Å². The molecule has 2 saturated heterocycles. The molecule has 0 spiro atoms. The van der Waals surface area contributed by atoms with E-state index in [1.54, 1.807) is 14.1 Å². The second-order valence-corrected chi connectivity index (χ2v) is 6.63. The van der Waals surface area contributed by atoms with Gasteiger partial charge in [0.15, 0.2) is 0 Å². The van der Waals surface area contributed by atoms with Gasteiger partial charge >= 0.3 is 0 Å². The zero-order chi connectivity index (χ0) is 11.1. The summed E-state index contributed by atoms with van der Waals surface area (Å²) in [6.07, 6.45) is 4.21. The Morgan fingerprint density at radius 2 is 1.73 bits per heavy atom. The van der Waals surface area contributed by atoms with E-state index in [2.05, 4.69) is 10.0 Å². The van der Waals surface area contributed by atoms with Gasteiger partial charge in [-0.25, -0.2) is 0 Å². The van der Waals surface area contributed by atoms with Crippen LogP contribution in [-0.2, 0) is 10.2 Å².